The molecule has 0 saturated carbocycles. The molecular weight excluding hydrogens is 440 g/mol. The Labute approximate surface area is 196 Å². The lowest BCUT2D eigenvalue weighted by Crippen LogP contribution is -2.37. The van der Waals surface area contributed by atoms with Crippen LogP contribution in [0.2, 0.25) is 0 Å². The minimum absolute atomic E-state index is 0.0434. The van der Waals surface area contributed by atoms with Gasteiger partial charge in [0.15, 0.2) is 5.16 Å². The van der Waals surface area contributed by atoms with Gasteiger partial charge in [0, 0.05) is 18.8 Å². The summed E-state index contributed by atoms with van der Waals surface area (Å²) >= 11 is 1.11. The van der Waals surface area contributed by atoms with Crippen LogP contribution in [0.25, 0.3) is 0 Å². The van der Waals surface area contributed by atoms with Gasteiger partial charge in [0.25, 0.3) is 5.56 Å². The third-order valence-corrected chi connectivity index (χ3v) is 6.55. The second kappa shape index (κ2) is 10.1. The summed E-state index contributed by atoms with van der Waals surface area (Å²) in [5.74, 6) is 0.191. The second-order valence-electron chi connectivity index (χ2n) is 7.58. The maximum atomic E-state index is 13.3. The van der Waals surface area contributed by atoms with Crippen LogP contribution < -0.4 is 20.9 Å². The molecule has 3 N–H and O–H groups in total. The third kappa shape index (κ3) is 4.89. The monoisotopic (exact) mass is 466 g/mol. The Morgan fingerprint density at radius 3 is 2.76 bits per heavy atom. The number of hydrogen-bond donors (Lipinski definition) is 3. The minimum Gasteiger partial charge on any atom is -0.497 e. The van der Waals surface area contributed by atoms with E-state index in [9.17, 15) is 14.7 Å². The molecule has 9 heteroatoms. The zero-order valence-corrected chi connectivity index (χ0v) is 19.3. The summed E-state index contributed by atoms with van der Waals surface area (Å²) in [6, 6.07) is 14.5. The van der Waals surface area contributed by atoms with E-state index in [-0.39, 0.29) is 28.7 Å². The molecule has 3 aromatic rings. The van der Waals surface area contributed by atoms with E-state index in [0.29, 0.717) is 29.7 Å². The number of rotatable bonds is 7. The Hall–Kier alpha value is -3.30. The van der Waals surface area contributed by atoms with Gasteiger partial charge < -0.3 is 20.5 Å². The average Bonchev–Trinajstić information content (AvgIpc) is 2.83. The summed E-state index contributed by atoms with van der Waals surface area (Å²) in [7, 11) is 1.58. The van der Waals surface area contributed by atoms with Crippen LogP contribution in [0.4, 0.5) is 5.69 Å². The highest BCUT2D eigenvalue weighted by Crippen LogP contribution is 2.31. The topological polar surface area (TPSA) is 105 Å². The minimum atomic E-state index is -0.426. The standard InChI is InChI=1S/C24H26N4O4S/c1-3-28-23(31)20(21-18-7-5-4-6-15(18)12-13-25-21)22(30)27-24(28)33-14-19(29)26-16-8-10-17(32-2)11-9-16/h4-11,21,25,30H,3,12-14H2,1-2H3,(H,26,29)/t21-/m1/s1. The quantitative estimate of drug-likeness (QED) is 0.363. The molecule has 1 aliphatic heterocycles. The van der Waals surface area contributed by atoms with Gasteiger partial charge >= 0.3 is 0 Å². The molecule has 8 nitrogen and oxygen atoms in total. The molecule has 2 heterocycles. The fourth-order valence-electron chi connectivity index (χ4n) is 3.94. The third-order valence-electron chi connectivity index (χ3n) is 5.57. The maximum Gasteiger partial charge on any atom is 0.263 e. The summed E-state index contributed by atoms with van der Waals surface area (Å²) in [4.78, 5) is 30.1. The van der Waals surface area contributed by atoms with Gasteiger partial charge in [-0.1, -0.05) is 36.0 Å². The molecule has 0 saturated heterocycles. The van der Waals surface area contributed by atoms with Gasteiger partial charge in [-0.3, -0.25) is 14.2 Å². The van der Waals surface area contributed by atoms with Crippen molar-refractivity contribution in [3.05, 3.63) is 75.6 Å². The van der Waals surface area contributed by atoms with Crippen molar-refractivity contribution in [1.82, 2.24) is 14.9 Å². The first kappa shape index (κ1) is 22.9. The average molecular weight is 467 g/mol. The lowest BCUT2D eigenvalue weighted by atomic mass is 9.91. The molecule has 33 heavy (non-hydrogen) atoms. The van der Waals surface area contributed by atoms with Crippen LogP contribution in [0.15, 0.2) is 58.5 Å². The molecular formula is C24H26N4O4S. The van der Waals surface area contributed by atoms with E-state index in [0.717, 1.165) is 29.3 Å². The number of aromatic hydroxyl groups is 1. The summed E-state index contributed by atoms with van der Waals surface area (Å²) in [5.41, 5.74) is 2.69. The largest absolute Gasteiger partial charge is 0.497 e. The van der Waals surface area contributed by atoms with Gasteiger partial charge in [0.05, 0.1) is 18.9 Å². The number of thioether (sulfide) groups is 1. The second-order valence-corrected chi connectivity index (χ2v) is 8.52. The fraction of sp³-hybridized carbons (Fsp3) is 0.292. The number of methoxy groups -OCH3 is 1. The molecule has 0 fully saturated rings. The van der Waals surface area contributed by atoms with E-state index in [1.807, 2.05) is 31.2 Å². The van der Waals surface area contributed by atoms with E-state index in [1.54, 1.807) is 31.4 Å². The van der Waals surface area contributed by atoms with Crippen molar-refractivity contribution in [3.8, 4) is 11.6 Å². The van der Waals surface area contributed by atoms with Gasteiger partial charge in [-0.25, -0.2) is 0 Å². The molecule has 172 valence electrons. The van der Waals surface area contributed by atoms with Gasteiger partial charge in [-0.05, 0) is 48.7 Å². The summed E-state index contributed by atoms with van der Waals surface area (Å²) < 4.78 is 6.61. The number of hydrogen-bond acceptors (Lipinski definition) is 7. The molecule has 1 aliphatic rings. The number of anilines is 1. The highest BCUT2D eigenvalue weighted by molar-refractivity contribution is 7.99. The molecule has 1 aromatic heterocycles. The van der Waals surface area contributed by atoms with Crippen LogP contribution in [-0.2, 0) is 17.8 Å². The number of carbonyl (C=O) groups excluding carboxylic acids is 1. The number of benzene rings is 2. The van der Waals surface area contributed by atoms with E-state index < -0.39 is 6.04 Å². The van der Waals surface area contributed by atoms with Crippen molar-refractivity contribution in [3.63, 3.8) is 0 Å². The fourth-order valence-corrected chi connectivity index (χ4v) is 4.80. The number of fused-ring (bicyclic) bond motifs is 1. The van der Waals surface area contributed by atoms with Crippen LogP contribution >= 0.6 is 11.8 Å². The van der Waals surface area contributed by atoms with Crippen molar-refractivity contribution in [2.24, 2.45) is 0 Å². The predicted molar refractivity (Wildman–Crippen MR) is 128 cm³/mol. The van der Waals surface area contributed by atoms with Crippen molar-refractivity contribution < 1.29 is 14.6 Å². The first-order valence-electron chi connectivity index (χ1n) is 10.7. The lowest BCUT2D eigenvalue weighted by Gasteiger charge is -2.27. The molecule has 0 radical (unpaired) electrons. The Morgan fingerprint density at radius 1 is 1.27 bits per heavy atom. The van der Waals surface area contributed by atoms with Crippen molar-refractivity contribution in [2.75, 3.05) is 24.7 Å². The van der Waals surface area contributed by atoms with Crippen LogP contribution in [0, 0.1) is 0 Å². The molecule has 0 bridgehead atoms. The van der Waals surface area contributed by atoms with Gasteiger partial charge in [-0.15, -0.1) is 0 Å². The zero-order valence-electron chi connectivity index (χ0n) is 18.5. The van der Waals surface area contributed by atoms with Crippen LogP contribution in [0.1, 0.15) is 29.7 Å². The predicted octanol–water partition coefficient (Wildman–Crippen LogP) is 2.94. The Kier molecular flexibility index (Phi) is 7.00. The van der Waals surface area contributed by atoms with Gasteiger partial charge in [0.1, 0.15) is 11.3 Å². The Morgan fingerprint density at radius 2 is 2.03 bits per heavy atom. The molecule has 4 rings (SSSR count). The SMILES string of the molecule is CCn1c(SCC(=O)Nc2ccc(OC)cc2)nc(O)c([C@@H]2NCCc3ccccc32)c1=O. The molecule has 1 atom stereocenters. The van der Waals surface area contributed by atoms with E-state index in [4.69, 9.17) is 4.74 Å². The first-order chi connectivity index (χ1) is 16.0. The van der Waals surface area contributed by atoms with Crippen LogP contribution in [0.3, 0.4) is 0 Å². The smallest absolute Gasteiger partial charge is 0.263 e. The van der Waals surface area contributed by atoms with Crippen molar-refractivity contribution in [1.29, 1.82) is 0 Å². The van der Waals surface area contributed by atoms with Crippen LogP contribution in [-0.4, -0.2) is 40.0 Å². The maximum absolute atomic E-state index is 13.3. The highest BCUT2D eigenvalue weighted by atomic mass is 32.2. The number of nitrogens with one attached hydrogen (secondary N) is 2. The van der Waals surface area contributed by atoms with E-state index in [1.165, 1.54) is 4.57 Å². The van der Waals surface area contributed by atoms with Gasteiger partial charge in [-0.2, -0.15) is 4.98 Å². The Bertz CT molecular complexity index is 1210. The Balaban J connectivity index is 1.54. The lowest BCUT2D eigenvalue weighted by molar-refractivity contribution is -0.113. The van der Waals surface area contributed by atoms with E-state index in [2.05, 4.69) is 15.6 Å². The summed E-state index contributed by atoms with van der Waals surface area (Å²) in [5, 5.41) is 17.2. The number of nitrogens with zero attached hydrogens (tertiary/aromatic N) is 2. The highest BCUT2D eigenvalue weighted by Gasteiger charge is 2.28. The summed E-state index contributed by atoms with van der Waals surface area (Å²) in [6.45, 7) is 2.91. The van der Waals surface area contributed by atoms with Crippen molar-refractivity contribution >= 4 is 23.4 Å². The summed E-state index contributed by atoms with van der Waals surface area (Å²) in [6.07, 6.45) is 0.861. The normalized spacial score (nSPS) is 15.0. The molecule has 0 aliphatic carbocycles. The van der Waals surface area contributed by atoms with Crippen LogP contribution in [0.5, 0.6) is 11.6 Å². The number of aromatic nitrogens is 2. The molecule has 2 aromatic carbocycles. The zero-order chi connectivity index (χ0) is 23.4. The number of amides is 1. The van der Waals surface area contributed by atoms with Gasteiger partial charge in [0.2, 0.25) is 11.8 Å². The molecule has 1 amide bonds. The van der Waals surface area contributed by atoms with Crippen molar-refractivity contribution in [2.45, 2.75) is 31.1 Å². The first-order valence-corrected chi connectivity index (χ1v) is 11.7. The number of carbonyl (C=O) groups is 1. The number of ether oxygens (including phenoxy) is 1. The van der Waals surface area contributed by atoms with E-state index >= 15 is 0 Å². The molecule has 0 unspecified atom stereocenters. The molecule has 0 spiro atoms.